The van der Waals surface area contributed by atoms with E-state index < -0.39 is 23.6 Å². The molecule has 0 aliphatic rings. The van der Waals surface area contributed by atoms with Crippen molar-refractivity contribution in [2.45, 2.75) is 26.1 Å². The maximum Gasteiger partial charge on any atom is 0.416 e. The summed E-state index contributed by atoms with van der Waals surface area (Å²) in [5.74, 6) is -0.422. The summed E-state index contributed by atoms with van der Waals surface area (Å²) in [6.45, 7) is 3.34. The zero-order valence-electron chi connectivity index (χ0n) is 11.6. The van der Waals surface area contributed by atoms with Crippen LogP contribution in [0, 0.1) is 12.7 Å². The first-order valence-corrected chi connectivity index (χ1v) is 6.47. The highest BCUT2D eigenvalue weighted by molar-refractivity contribution is 5.49. The minimum atomic E-state index is -4.41. The first-order chi connectivity index (χ1) is 9.77. The molecule has 0 radical (unpaired) electrons. The SMILES string of the molecule is Cc1cc(F)cc(NC(C)c2ccccc2C(F)(F)F)c1. The smallest absolute Gasteiger partial charge is 0.378 e. The van der Waals surface area contributed by atoms with Crippen LogP contribution in [0.3, 0.4) is 0 Å². The molecule has 0 saturated heterocycles. The van der Waals surface area contributed by atoms with E-state index >= 15 is 0 Å². The zero-order valence-corrected chi connectivity index (χ0v) is 11.6. The Balaban J connectivity index is 2.31. The molecule has 1 atom stereocenters. The van der Waals surface area contributed by atoms with Crippen molar-refractivity contribution in [3.05, 3.63) is 65.0 Å². The predicted octanol–water partition coefficient (Wildman–Crippen LogP) is 5.33. The van der Waals surface area contributed by atoms with Crippen molar-refractivity contribution in [1.29, 1.82) is 0 Å². The Morgan fingerprint density at radius 1 is 1.05 bits per heavy atom. The van der Waals surface area contributed by atoms with Crippen LogP contribution in [0.15, 0.2) is 42.5 Å². The van der Waals surface area contributed by atoms with Crippen molar-refractivity contribution in [2.75, 3.05) is 5.32 Å². The molecule has 2 aromatic rings. The first kappa shape index (κ1) is 15.4. The van der Waals surface area contributed by atoms with Crippen molar-refractivity contribution in [3.63, 3.8) is 0 Å². The second-order valence-corrected chi connectivity index (χ2v) is 4.97. The van der Waals surface area contributed by atoms with Crippen molar-refractivity contribution in [3.8, 4) is 0 Å². The van der Waals surface area contributed by atoms with Crippen LogP contribution in [0.1, 0.15) is 29.7 Å². The van der Waals surface area contributed by atoms with Gasteiger partial charge in [0.05, 0.1) is 5.56 Å². The summed E-state index contributed by atoms with van der Waals surface area (Å²) in [5.41, 5.74) is 0.607. The molecule has 0 bridgehead atoms. The van der Waals surface area contributed by atoms with Gasteiger partial charge in [-0.05, 0) is 49.2 Å². The molecule has 0 aliphatic heterocycles. The Morgan fingerprint density at radius 3 is 2.33 bits per heavy atom. The molecule has 0 fully saturated rings. The summed E-state index contributed by atoms with van der Waals surface area (Å²) in [7, 11) is 0. The van der Waals surface area contributed by atoms with Crippen molar-refractivity contribution in [2.24, 2.45) is 0 Å². The molecule has 0 saturated carbocycles. The fourth-order valence-corrected chi connectivity index (χ4v) is 2.28. The number of benzene rings is 2. The van der Waals surface area contributed by atoms with Gasteiger partial charge in [-0.1, -0.05) is 18.2 Å². The minimum Gasteiger partial charge on any atom is -0.378 e. The highest BCUT2D eigenvalue weighted by Gasteiger charge is 2.34. The largest absolute Gasteiger partial charge is 0.416 e. The molecule has 5 heteroatoms. The lowest BCUT2D eigenvalue weighted by molar-refractivity contribution is -0.138. The predicted molar refractivity (Wildman–Crippen MR) is 74.6 cm³/mol. The van der Waals surface area contributed by atoms with E-state index in [1.165, 1.54) is 24.3 Å². The third kappa shape index (κ3) is 3.74. The van der Waals surface area contributed by atoms with Crippen LogP contribution in [-0.2, 0) is 6.18 Å². The van der Waals surface area contributed by atoms with E-state index in [9.17, 15) is 17.6 Å². The quantitative estimate of drug-likeness (QED) is 0.755. The number of hydrogen-bond donors (Lipinski definition) is 1. The average Bonchev–Trinajstić information content (AvgIpc) is 2.36. The molecule has 2 aromatic carbocycles. The molecule has 1 N–H and O–H groups in total. The fraction of sp³-hybridized carbons (Fsp3) is 0.250. The van der Waals surface area contributed by atoms with Gasteiger partial charge >= 0.3 is 6.18 Å². The van der Waals surface area contributed by atoms with Gasteiger partial charge < -0.3 is 5.32 Å². The van der Waals surface area contributed by atoms with Gasteiger partial charge in [0.25, 0.3) is 0 Å². The number of aryl methyl sites for hydroxylation is 1. The second-order valence-electron chi connectivity index (χ2n) is 4.97. The summed E-state index contributed by atoms with van der Waals surface area (Å²) in [6.07, 6.45) is -4.41. The van der Waals surface area contributed by atoms with E-state index in [0.29, 0.717) is 11.3 Å². The van der Waals surface area contributed by atoms with Crippen LogP contribution in [0.4, 0.5) is 23.2 Å². The molecule has 0 aliphatic carbocycles. The van der Waals surface area contributed by atoms with Crippen LogP contribution < -0.4 is 5.32 Å². The van der Waals surface area contributed by atoms with Gasteiger partial charge in [-0.15, -0.1) is 0 Å². The minimum absolute atomic E-state index is 0.131. The molecule has 112 valence electrons. The van der Waals surface area contributed by atoms with Gasteiger partial charge in [0.1, 0.15) is 5.82 Å². The summed E-state index contributed by atoms with van der Waals surface area (Å²) >= 11 is 0. The van der Waals surface area contributed by atoms with Crippen molar-refractivity contribution < 1.29 is 17.6 Å². The second kappa shape index (κ2) is 5.76. The molecule has 0 aromatic heterocycles. The third-order valence-electron chi connectivity index (χ3n) is 3.16. The van der Waals surface area contributed by atoms with Crippen LogP contribution in [0.5, 0.6) is 0 Å². The summed E-state index contributed by atoms with van der Waals surface area (Å²) in [5, 5.41) is 2.91. The van der Waals surface area contributed by atoms with Crippen LogP contribution in [-0.4, -0.2) is 0 Å². The molecule has 0 amide bonds. The highest BCUT2D eigenvalue weighted by atomic mass is 19.4. The van der Waals surface area contributed by atoms with Crippen molar-refractivity contribution in [1.82, 2.24) is 0 Å². The Hall–Kier alpha value is -2.04. The maximum absolute atomic E-state index is 13.3. The highest BCUT2D eigenvalue weighted by Crippen LogP contribution is 2.35. The van der Waals surface area contributed by atoms with Crippen LogP contribution in [0.25, 0.3) is 0 Å². The average molecular weight is 297 g/mol. The number of nitrogens with one attached hydrogen (secondary N) is 1. The van der Waals surface area contributed by atoms with Gasteiger partial charge in [-0.3, -0.25) is 0 Å². The monoisotopic (exact) mass is 297 g/mol. The van der Waals surface area contributed by atoms with E-state index in [1.807, 2.05) is 0 Å². The van der Waals surface area contributed by atoms with E-state index in [2.05, 4.69) is 5.32 Å². The van der Waals surface area contributed by atoms with E-state index in [0.717, 1.165) is 6.07 Å². The Morgan fingerprint density at radius 2 is 1.71 bits per heavy atom. The van der Waals surface area contributed by atoms with Crippen LogP contribution in [0.2, 0.25) is 0 Å². The van der Waals surface area contributed by atoms with Gasteiger partial charge in [0, 0.05) is 11.7 Å². The lowest BCUT2D eigenvalue weighted by Gasteiger charge is -2.20. The third-order valence-corrected chi connectivity index (χ3v) is 3.16. The molecule has 1 unspecified atom stereocenters. The summed E-state index contributed by atoms with van der Waals surface area (Å²) in [6, 6.07) is 9.10. The topological polar surface area (TPSA) is 12.0 Å². The molecule has 1 nitrogen and oxygen atoms in total. The van der Waals surface area contributed by atoms with Gasteiger partial charge in [0.2, 0.25) is 0 Å². The Bertz CT molecular complexity index is 614. The molecule has 0 heterocycles. The lowest BCUT2D eigenvalue weighted by atomic mass is 10.0. The maximum atomic E-state index is 13.3. The Kier molecular flexibility index (Phi) is 4.21. The molecule has 21 heavy (non-hydrogen) atoms. The zero-order chi connectivity index (χ0) is 15.6. The summed E-state index contributed by atoms with van der Waals surface area (Å²) < 4.78 is 52.3. The standard InChI is InChI=1S/C16H15F4N/c1-10-7-12(17)9-13(8-10)21-11(2)14-5-3-4-6-15(14)16(18,19)20/h3-9,11,21H,1-2H3. The van der Waals surface area contributed by atoms with E-state index in [4.69, 9.17) is 0 Å². The van der Waals surface area contributed by atoms with Crippen LogP contribution >= 0.6 is 0 Å². The first-order valence-electron chi connectivity index (χ1n) is 6.47. The number of halogens is 4. The van der Waals surface area contributed by atoms with E-state index in [1.54, 1.807) is 26.0 Å². The molecular weight excluding hydrogens is 282 g/mol. The Labute approximate surface area is 120 Å². The number of anilines is 1. The normalized spacial score (nSPS) is 13.0. The molecular formula is C16H15F4N. The number of rotatable bonds is 3. The van der Waals surface area contributed by atoms with E-state index in [-0.39, 0.29) is 5.56 Å². The van der Waals surface area contributed by atoms with Gasteiger partial charge in [-0.25, -0.2) is 4.39 Å². The lowest BCUT2D eigenvalue weighted by Crippen LogP contribution is -2.15. The molecule has 0 spiro atoms. The van der Waals surface area contributed by atoms with Gasteiger partial charge in [-0.2, -0.15) is 13.2 Å². The number of alkyl halides is 3. The molecule has 2 rings (SSSR count). The fourth-order valence-electron chi connectivity index (χ4n) is 2.28. The van der Waals surface area contributed by atoms with Crippen molar-refractivity contribution >= 4 is 5.69 Å². The summed E-state index contributed by atoms with van der Waals surface area (Å²) in [4.78, 5) is 0. The number of hydrogen-bond acceptors (Lipinski definition) is 1. The van der Waals surface area contributed by atoms with Gasteiger partial charge in [0.15, 0.2) is 0 Å².